The summed E-state index contributed by atoms with van der Waals surface area (Å²) in [5.41, 5.74) is 0. The lowest BCUT2D eigenvalue weighted by Crippen LogP contribution is -2.37. The molecule has 0 bridgehead atoms. The lowest BCUT2D eigenvalue weighted by atomic mass is 10.4. The van der Waals surface area contributed by atoms with Gasteiger partial charge in [-0.2, -0.15) is 0 Å². The molecule has 0 saturated carbocycles. The number of nitrogens with zero attached hydrogens (tertiary/aromatic N) is 2. The summed E-state index contributed by atoms with van der Waals surface area (Å²) >= 11 is 0. The highest BCUT2D eigenvalue weighted by molar-refractivity contribution is 5.79. The minimum atomic E-state index is 0.750. The fourth-order valence-corrected chi connectivity index (χ4v) is 1.09. The Kier molecular flexibility index (Phi) is 8.87. The van der Waals surface area contributed by atoms with Crippen molar-refractivity contribution in [2.45, 2.75) is 13.3 Å². The minimum absolute atomic E-state index is 0.750. The predicted octanol–water partition coefficient (Wildman–Crippen LogP) is 0.679. The normalized spacial score (nSPS) is 11.6. The fourth-order valence-electron chi connectivity index (χ4n) is 1.09. The van der Waals surface area contributed by atoms with Crippen molar-refractivity contribution in [3.05, 3.63) is 12.7 Å². The summed E-state index contributed by atoms with van der Waals surface area (Å²) in [6.07, 6.45) is 2.91. The van der Waals surface area contributed by atoms with Crippen LogP contribution in [0, 0.1) is 0 Å². The Balaban J connectivity index is 3.77. The molecule has 0 spiro atoms. The topological polar surface area (TPSA) is 39.7 Å². The molecule has 0 aliphatic carbocycles. The molecule has 0 saturated heterocycles. The zero-order valence-electron chi connectivity index (χ0n) is 10.2. The summed E-state index contributed by atoms with van der Waals surface area (Å²) < 4.78 is 0. The van der Waals surface area contributed by atoms with Crippen molar-refractivity contribution in [1.29, 1.82) is 0 Å². The number of rotatable bonds is 7. The SMILES string of the molecule is C=CCNC(=NCCCN(C)C)NCC. The van der Waals surface area contributed by atoms with Gasteiger partial charge in [0.2, 0.25) is 0 Å². The van der Waals surface area contributed by atoms with Crippen molar-refractivity contribution in [1.82, 2.24) is 15.5 Å². The van der Waals surface area contributed by atoms with Crippen molar-refractivity contribution in [2.24, 2.45) is 4.99 Å². The van der Waals surface area contributed by atoms with Crippen LogP contribution in [0.1, 0.15) is 13.3 Å². The van der Waals surface area contributed by atoms with Crippen LogP contribution in [0.25, 0.3) is 0 Å². The molecule has 0 aromatic heterocycles. The monoisotopic (exact) mass is 212 g/mol. The van der Waals surface area contributed by atoms with Crippen LogP contribution >= 0.6 is 0 Å². The fraction of sp³-hybridized carbons (Fsp3) is 0.727. The molecule has 88 valence electrons. The first-order chi connectivity index (χ1) is 7.20. The average molecular weight is 212 g/mol. The third kappa shape index (κ3) is 9.28. The standard InChI is InChI=1S/C11H24N4/c1-5-8-13-11(12-6-2)14-9-7-10-15(3)4/h5H,1,6-10H2,2-4H3,(H2,12,13,14). The van der Waals surface area contributed by atoms with Crippen molar-refractivity contribution < 1.29 is 0 Å². The zero-order valence-corrected chi connectivity index (χ0v) is 10.2. The van der Waals surface area contributed by atoms with E-state index in [0.29, 0.717) is 0 Å². The van der Waals surface area contributed by atoms with Gasteiger partial charge in [0.25, 0.3) is 0 Å². The molecule has 15 heavy (non-hydrogen) atoms. The van der Waals surface area contributed by atoms with E-state index in [9.17, 15) is 0 Å². The van der Waals surface area contributed by atoms with Gasteiger partial charge in [-0.25, -0.2) is 0 Å². The van der Waals surface area contributed by atoms with E-state index in [1.54, 1.807) is 0 Å². The molecular formula is C11H24N4. The first kappa shape index (κ1) is 14.0. The molecule has 0 aliphatic rings. The largest absolute Gasteiger partial charge is 0.357 e. The number of aliphatic imine (C=N–C) groups is 1. The van der Waals surface area contributed by atoms with E-state index in [1.165, 1.54) is 0 Å². The maximum atomic E-state index is 4.44. The lowest BCUT2D eigenvalue weighted by molar-refractivity contribution is 0.403. The molecule has 0 fully saturated rings. The van der Waals surface area contributed by atoms with E-state index in [4.69, 9.17) is 0 Å². The van der Waals surface area contributed by atoms with Crippen LogP contribution in [0.3, 0.4) is 0 Å². The maximum Gasteiger partial charge on any atom is 0.191 e. The van der Waals surface area contributed by atoms with Crippen LogP contribution in [0.4, 0.5) is 0 Å². The van der Waals surface area contributed by atoms with Crippen molar-refractivity contribution >= 4 is 5.96 Å². The van der Waals surface area contributed by atoms with E-state index < -0.39 is 0 Å². The third-order valence-electron chi connectivity index (χ3n) is 1.79. The Morgan fingerprint density at radius 2 is 2.13 bits per heavy atom. The highest BCUT2D eigenvalue weighted by Crippen LogP contribution is 1.84. The van der Waals surface area contributed by atoms with Gasteiger partial charge in [-0.05, 0) is 34.0 Å². The Hall–Kier alpha value is -1.03. The molecule has 0 heterocycles. The maximum absolute atomic E-state index is 4.44. The zero-order chi connectivity index (χ0) is 11.5. The second kappa shape index (κ2) is 9.52. The van der Waals surface area contributed by atoms with Crippen LogP contribution < -0.4 is 10.6 Å². The van der Waals surface area contributed by atoms with Crippen LogP contribution in [-0.4, -0.2) is 51.1 Å². The molecule has 2 N–H and O–H groups in total. The summed E-state index contributed by atoms with van der Waals surface area (Å²) in [5, 5.41) is 6.35. The molecule has 4 nitrogen and oxygen atoms in total. The number of hydrogen-bond donors (Lipinski definition) is 2. The Morgan fingerprint density at radius 1 is 1.40 bits per heavy atom. The summed E-state index contributed by atoms with van der Waals surface area (Å²) in [5.74, 6) is 0.871. The van der Waals surface area contributed by atoms with Crippen molar-refractivity contribution in [3.63, 3.8) is 0 Å². The average Bonchev–Trinajstić information content (AvgIpc) is 2.20. The van der Waals surface area contributed by atoms with Gasteiger partial charge in [0, 0.05) is 19.6 Å². The first-order valence-electron chi connectivity index (χ1n) is 5.48. The van der Waals surface area contributed by atoms with Crippen molar-refractivity contribution in [3.8, 4) is 0 Å². The van der Waals surface area contributed by atoms with Crippen LogP contribution in [-0.2, 0) is 0 Å². The summed E-state index contributed by atoms with van der Waals surface area (Å²) in [7, 11) is 4.15. The van der Waals surface area contributed by atoms with Gasteiger partial charge < -0.3 is 15.5 Å². The molecule has 0 atom stereocenters. The molecule has 0 aromatic rings. The lowest BCUT2D eigenvalue weighted by Gasteiger charge is -2.10. The van der Waals surface area contributed by atoms with Gasteiger partial charge in [0.05, 0.1) is 0 Å². The second-order valence-electron chi connectivity index (χ2n) is 3.59. The van der Waals surface area contributed by atoms with E-state index in [1.807, 2.05) is 6.08 Å². The molecule has 0 radical (unpaired) electrons. The van der Waals surface area contributed by atoms with Gasteiger partial charge in [0.15, 0.2) is 5.96 Å². The molecule has 0 rings (SSSR count). The van der Waals surface area contributed by atoms with Gasteiger partial charge in [0.1, 0.15) is 0 Å². The Labute approximate surface area is 93.5 Å². The van der Waals surface area contributed by atoms with Gasteiger partial charge in [-0.15, -0.1) is 6.58 Å². The number of nitrogens with one attached hydrogen (secondary N) is 2. The summed E-state index contributed by atoms with van der Waals surface area (Å²) in [6, 6.07) is 0. The Morgan fingerprint density at radius 3 is 2.67 bits per heavy atom. The van der Waals surface area contributed by atoms with E-state index in [0.717, 1.165) is 38.6 Å². The minimum Gasteiger partial charge on any atom is -0.357 e. The highest BCUT2D eigenvalue weighted by atomic mass is 15.2. The quantitative estimate of drug-likeness (QED) is 0.282. The highest BCUT2D eigenvalue weighted by Gasteiger charge is 1.94. The van der Waals surface area contributed by atoms with Crippen LogP contribution in [0.5, 0.6) is 0 Å². The van der Waals surface area contributed by atoms with E-state index in [-0.39, 0.29) is 0 Å². The first-order valence-corrected chi connectivity index (χ1v) is 5.48. The van der Waals surface area contributed by atoms with Gasteiger partial charge >= 0.3 is 0 Å². The summed E-state index contributed by atoms with van der Waals surface area (Å²) in [4.78, 5) is 6.61. The van der Waals surface area contributed by atoms with E-state index >= 15 is 0 Å². The Bertz CT molecular complexity index is 187. The molecule has 0 unspecified atom stereocenters. The van der Waals surface area contributed by atoms with Gasteiger partial charge in [-0.1, -0.05) is 6.08 Å². The number of hydrogen-bond acceptors (Lipinski definition) is 2. The molecule has 0 aromatic carbocycles. The molecule has 0 aliphatic heterocycles. The smallest absolute Gasteiger partial charge is 0.191 e. The van der Waals surface area contributed by atoms with Crippen molar-refractivity contribution in [2.75, 3.05) is 40.3 Å². The molecular weight excluding hydrogens is 188 g/mol. The third-order valence-corrected chi connectivity index (χ3v) is 1.79. The number of guanidine groups is 1. The predicted molar refractivity (Wildman–Crippen MR) is 67.3 cm³/mol. The van der Waals surface area contributed by atoms with E-state index in [2.05, 4.69) is 48.1 Å². The molecule has 0 amide bonds. The van der Waals surface area contributed by atoms with Crippen LogP contribution in [0.2, 0.25) is 0 Å². The second-order valence-corrected chi connectivity index (χ2v) is 3.59. The molecule has 4 heteroatoms. The summed E-state index contributed by atoms with van der Waals surface area (Å²) in [6.45, 7) is 9.28. The van der Waals surface area contributed by atoms with Crippen LogP contribution in [0.15, 0.2) is 17.6 Å². The van der Waals surface area contributed by atoms with Gasteiger partial charge in [-0.3, -0.25) is 4.99 Å².